The average Bonchev–Trinajstić information content (AvgIpc) is 2.31. The van der Waals surface area contributed by atoms with Crippen LogP contribution in [0.4, 0.5) is 5.69 Å². The standard InChI is InChI=1S/C6H8N2.3C2H6/c1-5-4-8-3-2-6(5)7;3*1-2/h2-4H,1H3,(H2,7,8);3*1-2H3. The summed E-state index contributed by atoms with van der Waals surface area (Å²) in [7, 11) is 0. The number of hydrogen-bond acceptors (Lipinski definition) is 2. The monoisotopic (exact) mass is 198 g/mol. The first-order valence-electron chi connectivity index (χ1n) is 5.47. The van der Waals surface area contributed by atoms with Crippen LogP contribution >= 0.6 is 0 Å². The van der Waals surface area contributed by atoms with Gasteiger partial charge in [0.05, 0.1) is 0 Å². The summed E-state index contributed by atoms with van der Waals surface area (Å²) in [6.45, 7) is 13.9. The van der Waals surface area contributed by atoms with E-state index in [4.69, 9.17) is 5.73 Å². The molecule has 0 amide bonds. The summed E-state index contributed by atoms with van der Waals surface area (Å²) in [6, 6.07) is 1.79. The summed E-state index contributed by atoms with van der Waals surface area (Å²) in [5.74, 6) is 0. The van der Waals surface area contributed by atoms with Crippen LogP contribution in [0.2, 0.25) is 0 Å². The van der Waals surface area contributed by atoms with Gasteiger partial charge in [-0.2, -0.15) is 0 Å². The molecular formula is C12H26N2. The molecule has 84 valence electrons. The molecule has 1 aromatic rings. The fourth-order valence-corrected chi connectivity index (χ4v) is 0.484. The summed E-state index contributed by atoms with van der Waals surface area (Å²) < 4.78 is 0. The van der Waals surface area contributed by atoms with E-state index in [-0.39, 0.29) is 0 Å². The lowest BCUT2D eigenvalue weighted by molar-refractivity contribution is 1.27. The Morgan fingerprint density at radius 2 is 1.43 bits per heavy atom. The number of pyridine rings is 1. The predicted octanol–water partition coefficient (Wildman–Crippen LogP) is 4.05. The van der Waals surface area contributed by atoms with Gasteiger partial charge in [0.25, 0.3) is 0 Å². The van der Waals surface area contributed by atoms with Gasteiger partial charge in [-0.25, -0.2) is 0 Å². The maximum Gasteiger partial charge on any atom is 0.0374 e. The highest BCUT2D eigenvalue weighted by Gasteiger charge is 1.85. The molecule has 2 N–H and O–H groups in total. The van der Waals surface area contributed by atoms with E-state index < -0.39 is 0 Å². The lowest BCUT2D eigenvalue weighted by atomic mass is 10.3. The van der Waals surface area contributed by atoms with Crippen molar-refractivity contribution < 1.29 is 0 Å². The van der Waals surface area contributed by atoms with Gasteiger partial charge in [-0.05, 0) is 18.6 Å². The maximum atomic E-state index is 5.48. The third-order valence-corrected chi connectivity index (χ3v) is 1.06. The highest BCUT2D eigenvalue weighted by Crippen LogP contribution is 2.04. The van der Waals surface area contributed by atoms with Gasteiger partial charge in [0, 0.05) is 18.1 Å². The highest BCUT2D eigenvalue weighted by molar-refractivity contribution is 5.42. The number of nitrogens with zero attached hydrogens (tertiary/aromatic N) is 1. The van der Waals surface area contributed by atoms with Crippen LogP contribution in [0.3, 0.4) is 0 Å². The van der Waals surface area contributed by atoms with Crippen LogP contribution in [0.1, 0.15) is 47.1 Å². The third-order valence-electron chi connectivity index (χ3n) is 1.06. The van der Waals surface area contributed by atoms with Crippen LogP contribution in [0.25, 0.3) is 0 Å². The molecular weight excluding hydrogens is 172 g/mol. The van der Waals surface area contributed by atoms with Crippen LogP contribution in [0, 0.1) is 6.92 Å². The number of nitrogen functional groups attached to an aromatic ring is 1. The van der Waals surface area contributed by atoms with Gasteiger partial charge in [0.1, 0.15) is 0 Å². The Hall–Kier alpha value is -1.05. The van der Waals surface area contributed by atoms with Crippen LogP contribution in [0.5, 0.6) is 0 Å². The highest BCUT2D eigenvalue weighted by atomic mass is 14.7. The number of hydrogen-bond donors (Lipinski definition) is 1. The Balaban J connectivity index is -0.000000174. The Morgan fingerprint density at radius 3 is 1.64 bits per heavy atom. The Bertz CT molecular complexity index is 164. The summed E-state index contributed by atoms with van der Waals surface area (Å²) in [5, 5.41) is 0. The zero-order valence-electron chi connectivity index (χ0n) is 10.8. The summed E-state index contributed by atoms with van der Waals surface area (Å²) >= 11 is 0. The molecule has 14 heavy (non-hydrogen) atoms. The van der Waals surface area contributed by atoms with Crippen molar-refractivity contribution in [2.45, 2.75) is 48.5 Å². The van der Waals surface area contributed by atoms with Crippen LogP contribution < -0.4 is 5.73 Å². The van der Waals surface area contributed by atoms with Crippen molar-refractivity contribution in [2.75, 3.05) is 5.73 Å². The minimum absolute atomic E-state index is 0.806. The fourth-order valence-electron chi connectivity index (χ4n) is 0.484. The van der Waals surface area contributed by atoms with Crippen molar-refractivity contribution in [2.24, 2.45) is 0 Å². The minimum Gasteiger partial charge on any atom is -0.398 e. The van der Waals surface area contributed by atoms with E-state index >= 15 is 0 Å². The van der Waals surface area contributed by atoms with Gasteiger partial charge in [0.15, 0.2) is 0 Å². The molecule has 0 unspecified atom stereocenters. The molecule has 1 heterocycles. The SMILES string of the molecule is CC.CC.CC.Cc1cnccc1N. The van der Waals surface area contributed by atoms with E-state index in [0.29, 0.717) is 0 Å². The van der Waals surface area contributed by atoms with Gasteiger partial charge in [-0.1, -0.05) is 41.5 Å². The zero-order chi connectivity index (χ0) is 12.0. The molecule has 2 heteroatoms. The van der Waals surface area contributed by atoms with Gasteiger partial charge in [0.2, 0.25) is 0 Å². The van der Waals surface area contributed by atoms with Gasteiger partial charge < -0.3 is 5.73 Å². The fraction of sp³-hybridized carbons (Fsp3) is 0.583. The maximum absolute atomic E-state index is 5.48. The normalized spacial score (nSPS) is 6.50. The summed E-state index contributed by atoms with van der Waals surface area (Å²) in [4.78, 5) is 3.87. The molecule has 0 atom stereocenters. The van der Waals surface area contributed by atoms with E-state index in [1.807, 2.05) is 48.5 Å². The Kier molecular flexibility index (Phi) is 23.9. The van der Waals surface area contributed by atoms with Crippen LogP contribution in [-0.4, -0.2) is 4.98 Å². The smallest absolute Gasteiger partial charge is 0.0374 e. The molecule has 1 rings (SSSR count). The first-order valence-corrected chi connectivity index (χ1v) is 5.47. The lowest BCUT2D eigenvalue weighted by Gasteiger charge is -1.93. The molecule has 0 aliphatic heterocycles. The Labute approximate surface area is 89.6 Å². The largest absolute Gasteiger partial charge is 0.398 e. The van der Waals surface area contributed by atoms with E-state index in [9.17, 15) is 0 Å². The predicted molar refractivity (Wildman–Crippen MR) is 67.4 cm³/mol. The number of anilines is 1. The molecule has 0 aliphatic rings. The molecule has 0 saturated heterocycles. The van der Waals surface area contributed by atoms with E-state index in [1.54, 1.807) is 18.5 Å². The van der Waals surface area contributed by atoms with Crippen molar-refractivity contribution >= 4 is 5.69 Å². The molecule has 0 bridgehead atoms. The van der Waals surface area contributed by atoms with Crippen LogP contribution in [-0.2, 0) is 0 Å². The van der Waals surface area contributed by atoms with E-state index in [0.717, 1.165) is 11.3 Å². The minimum atomic E-state index is 0.806. The first-order chi connectivity index (χ1) is 6.80. The van der Waals surface area contributed by atoms with Crippen molar-refractivity contribution in [1.29, 1.82) is 0 Å². The third kappa shape index (κ3) is 11.0. The molecule has 0 fully saturated rings. The molecule has 0 aromatic carbocycles. The molecule has 1 aromatic heterocycles. The number of aromatic nitrogens is 1. The Morgan fingerprint density at radius 1 is 1.00 bits per heavy atom. The van der Waals surface area contributed by atoms with Gasteiger partial charge in [-0.15, -0.1) is 0 Å². The number of aryl methyl sites for hydroxylation is 1. The second kappa shape index (κ2) is 17.9. The summed E-state index contributed by atoms with van der Waals surface area (Å²) in [5.41, 5.74) is 7.32. The lowest BCUT2D eigenvalue weighted by Crippen LogP contribution is -1.87. The van der Waals surface area contributed by atoms with Crippen LogP contribution in [0.15, 0.2) is 18.5 Å². The summed E-state index contributed by atoms with van der Waals surface area (Å²) in [6.07, 6.45) is 3.43. The first kappa shape index (κ1) is 18.7. The van der Waals surface area contributed by atoms with E-state index in [2.05, 4.69) is 4.98 Å². The second-order valence-corrected chi connectivity index (χ2v) is 1.73. The molecule has 0 spiro atoms. The van der Waals surface area contributed by atoms with Crippen molar-refractivity contribution in [3.8, 4) is 0 Å². The van der Waals surface area contributed by atoms with Gasteiger partial charge in [-0.3, -0.25) is 4.98 Å². The average molecular weight is 198 g/mol. The number of nitrogens with two attached hydrogens (primary N) is 1. The van der Waals surface area contributed by atoms with E-state index in [1.165, 1.54) is 0 Å². The molecule has 0 aliphatic carbocycles. The number of rotatable bonds is 0. The molecule has 2 nitrogen and oxygen atoms in total. The molecule has 0 radical (unpaired) electrons. The van der Waals surface area contributed by atoms with Gasteiger partial charge >= 0.3 is 0 Å². The van der Waals surface area contributed by atoms with Crippen molar-refractivity contribution in [1.82, 2.24) is 4.98 Å². The zero-order valence-corrected chi connectivity index (χ0v) is 10.8. The second-order valence-electron chi connectivity index (χ2n) is 1.73. The molecule has 0 saturated carbocycles. The topological polar surface area (TPSA) is 38.9 Å². The quantitative estimate of drug-likeness (QED) is 0.683. The van der Waals surface area contributed by atoms with Crippen molar-refractivity contribution in [3.63, 3.8) is 0 Å². The van der Waals surface area contributed by atoms with Crippen molar-refractivity contribution in [3.05, 3.63) is 24.0 Å².